The monoisotopic (exact) mass is 341 g/mol. The largest absolute Gasteiger partial charge is 0.464 e. The highest BCUT2D eigenvalue weighted by Gasteiger charge is 2.36. The lowest BCUT2D eigenvalue weighted by Gasteiger charge is -2.34. The van der Waals surface area contributed by atoms with Gasteiger partial charge in [0, 0.05) is 57.6 Å². The Morgan fingerprint density at radius 1 is 1.16 bits per heavy atom. The van der Waals surface area contributed by atoms with Gasteiger partial charge < -0.3 is 14.6 Å². The summed E-state index contributed by atoms with van der Waals surface area (Å²) in [6, 6.07) is 6.13. The van der Waals surface area contributed by atoms with E-state index in [4.69, 9.17) is 4.42 Å². The van der Waals surface area contributed by atoms with Gasteiger partial charge in [-0.25, -0.2) is 9.97 Å². The molecule has 1 saturated carbocycles. The Balaban J connectivity index is 1.14. The smallest absolute Gasteiger partial charge is 0.225 e. The second-order valence-corrected chi connectivity index (χ2v) is 7.18. The highest BCUT2D eigenvalue weighted by atomic mass is 16.3. The van der Waals surface area contributed by atoms with E-state index in [1.807, 2.05) is 18.5 Å². The minimum atomic E-state index is 0.665. The van der Waals surface area contributed by atoms with Crippen LogP contribution >= 0.6 is 0 Å². The molecule has 2 aromatic heterocycles. The van der Waals surface area contributed by atoms with Gasteiger partial charge in [-0.1, -0.05) is 6.92 Å². The molecular weight excluding hydrogens is 314 g/mol. The molecule has 0 bridgehead atoms. The van der Waals surface area contributed by atoms with Gasteiger partial charge in [0.2, 0.25) is 5.95 Å². The summed E-state index contributed by atoms with van der Waals surface area (Å²) < 4.78 is 5.94. The van der Waals surface area contributed by atoms with Gasteiger partial charge in [-0.2, -0.15) is 0 Å². The normalized spacial score (nSPS) is 23.8. The molecule has 25 heavy (non-hydrogen) atoms. The summed E-state index contributed by atoms with van der Waals surface area (Å²) in [5.74, 6) is 4.54. The maximum Gasteiger partial charge on any atom is 0.225 e. The molecule has 134 valence electrons. The van der Waals surface area contributed by atoms with Crippen molar-refractivity contribution in [1.82, 2.24) is 20.2 Å². The van der Waals surface area contributed by atoms with Gasteiger partial charge in [0.15, 0.2) is 0 Å². The Morgan fingerprint density at radius 2 is 1.92 bits per heavy atom. The number of nitrogens with one attached hydrogen (secondary N) is 1. The molecule has 3 heterocycles. The Labute approximate surface area is 149 Å². The molecule has 2 fully saturated rings. The van der Waals surface area contributed by atoms with Gasteiger partial charge in [0.1, 0.15) is 11.5 Å². The topological polar surface area (TPSA) is 57.4 Å². The van der Waals surface area contributed by atoms with E-state index in [9.17, 15) is 0 Å². The van der Waals surface area contributed by atoms with Crippen LogP contribution in [0.2, 0.25) is 0 Å². The van der Waals surface area contributed by atoms with Crippen LogP contribution in [0.3, 0.4) is 0 Å². The van der Waals surface area contributed by atoms with Crippen LogP contribution in [-0.2, 0) is 6.54 Å². The molecule has 2 aliphatic rings. The van der Waals surface area contributed by atoms with Crippen molar-refractivity contribution < 1.29 is 4.42 Å². The van der Waals surface area contributed by atoms with E-state index in [0.717, 1.165) is 63.4 Å². The fourth-order valence-electron chi connectivity index (χ4n) is 3.48. The zero-order valence-electron chi connectivity index (χ0n) is 14.9. The van der Waals surface area contributed by atoms with Gasteiger partial charge in [-0.3, -0.25) is 4.90 Å². The number of furan rings is 1. The van der Waals surface area contributed by atoms with E-state index in [2.05, 4.69) is 44.1 Å². The highest BCUT2D eigenvalue weighted by Crippen LogP contribution is 2.47. The standard InChI is InChI=1S/C19H27N5O/c1-15-13-17(15)18-4-3-16(25-18)14-20-7-8-23-9-11-24(12-10-23)19-21-5-2-6-22-19/h2-6,15,17,20H,7-14H2,1H3. The van der Waals surface area contributed by atoms with Crippen LogP contribution in [0.25, 0.3) is 0 Å². The first-order chi connectivity index (χ1) is 12.3. The predicted octanol–water partition coefficient (Wildman–Crippen LogP) is 2.10. The lowest BCUT2D eigenvalue weighted by Crippen LogP contribution is -2.48. The molecule has 0 spiro atoms. The summed E-state index contributed by atoms with van der Waals surface area (Å²) in [5.41, 5.74) is 0. The van der Waals surface area contributed by atoms with E-state index >= 15 is 0 Å². The molecule has 1 N–H and O–H groups in total. The Kier molecular flexibility index (Phi) is 4.99. The highest BCUT2D eigenvalue weighted by molar-refractivity contribution is 5.29. The van der Waals surface area contributed by atoms with Crippen LogP contribution in [0.15, 0.2) is 35.0 Å². The van der Waals surface area contributed by atoms with Crippen LogP contribution < -0.4 is 10.2 Å². The number of hydrogen-bond acceptors (Lipinski definition) is 6. The molecule has 6 nitrogen and oxygen atoms in total. The molecule has 1 aliphatic carbocycles. The molecule has 2 atom stereocenters. The lowest BCUT2D eigenvalue weighted by atomic mass is 10.3. The third-order valence-corrected chi connectivity index (χ3v) is 5.27. The Hall–Kier alpha value is -1.92. The summed E-state index contributed by atoms with van der Waals surface area (Å²) in [5, 5.41) is 3.50. The maximum absolute atomic E-state index is 5.94. The molecule has 1 aliphatic heterocycles. The number of rotatable bonds is 7. The zero-order valence-corrected chi connectivity index (χ0v) is 14.9. The number of hydrogen-bond donors (Lipinski definition) is 1. The molecule has 0 radical (unpaired) electrons. The fourth-order valence-corrected chi connectivity index (χ4v) is 3.48. The summed E-state index contributed by atoms with van der Waals surface area (Å²) in [6.45, 7) is 9.26. The quantitative estimate of drug-likeness (QED) is 0.779. The summed E-state index contributed by atoms with van der Waals surface area (Å²) in [6.07, 6.45) is 4.89. The Morgan fingerprint density at radius 3 is 2.64 bits per heavy atom. The van der Waals surface area contributed by atoms with Crippen LogP contribution in [0.1, 0.15) is 30.8 Å². The van der Waals surface area contributed by atoms with Gasteiger partial charge in [0.05, 0.1) is 6.54 Å². The minimum Gasteiger partial charge on any atom is -0.464 e. The van der Waals surface area contributed by atoms with Gasteiger partial charge >= 0.3 is 0 Å². The van der Waals surface area contributed by atoms with Gasteiger partial charge in [0.25, 0.3) is 0 Å². The number of anilines is 1. The van der Waals surface area contributed by atoms with E-state index in [1.165, 1.54) is 12.2 Å². The van der Waals surface area contributed by atoms with Crippen LogP contribution in [0.4, 0.5) is 5.95 Å². The first-order valence-corrected chi connectivity index (χ1v) is 9.33. The van der Waals surface area contributed by atoms with Crippen LogP contribution in [0, 0.1) is 5.92 Å². The molecule has 0 aromatic carbocycles. The zero-order chi connectivity index (χ0) is 17.1. The van der Waals surface area contributed by atoms with Crippen molar-refractivity contribution in [1.29, 1.82) is 0 Å². The molecule has 4 rings (SSSR count). The van der Waals surface area contributed by atoms with Gasteiger partial charge in [-0.15, -0.1) is 0 Å². The van der Waals surface area contributed by atoms with Crippen molar-refractivity contribution in [2.75, 3.05) is 44.2 Å². The van der Waals surface area contributed by atoms with E-state index in [0.29, 0.717) is 5.92 Å². The first-order valence-electron chi connectivity index (χ1n) is 9.33. The van der Waals surface area contributed by atoms with Crippen LogP contribution in [0.5, 0.6) is 0 Å². The molecule has 1 saturated heterocycles. The second-order valence-electron chi connectivity index (χ2n) is 7.18. The van der Waals surface area contributed by atoms with Crippen molar-refractivity contribution in [3.8, 4) is 0 Å². The van der Waals surface area contributed by atoms with Gasteiger partial charge in [-0.05, 0) is 30.5 Å². The average Bonchev–Trinajstić information content (AvgIpc) is 3.20. The fraction of sp³-hybridized carbons (Fsp3) is 0.579. The van der Waals surface area contributed by atoms with Crippen molar-refractivity contribution in [3.63, 3.8) is 0 Å². The number of piperazine rings is 1. The Bertz CT molecular complexity index is 665. The molecule has 0 amide bonds. The van der Waals surface area contributed by atoms with E-state index in [-0.39, 0.29) is 0 Å². The summed E-state index contributed by atoms with van der Waals surface area (Å²) in [7, 11) is 0. The number of aromatic nitrogens is 2. The molecule has 2 aromatic rings. The second kappa shape index (κ2) is 7.54. The number of nitrogens with zero attached hydrogens (tertiary/aromatic N) is 4. The summed E-state index contributed by atoms with van der Waals surface area (Å²) in [4.78, 5) is 13.4. The maximum atomic E-state index is 5.94. The minimum absolute atomic E-state index is 0.665. The lowest BCUT2D eigenvalue weighted by molar-refractivity contribution is 0.255. The van der Waals surface area contributed by atoms with Crippen LogP contribution in [-0.4, -0.2) is 54.1 Å². The predicted molar refractivity (Wildman–Crippen MR) is 97.6 cm³/mol. The average molecular weight is 341 g/mol. The third-order valence-electron chi connectivity index (χ3n) is 5.27. The van der Waals surface area contributed by atoms with E-state index in [1.54, 1.807) is 0 Å². The van der Waals surface area contributed by atoms with Crippen molar-refractivity contribution in [3.05, 3.63) is 42.1 Å². The van der Waals surface area contributed by atoms with Crippen molar-refractivity contribution >= 4 is 5.95 Å². The molecule has 6 heteroatoms. The first kappa shape index (κ1) is 16.5. The molecular formula is C19H27N5O. The SMILES string of the molecule is CC1CC1c1ccc(CNCCN2CCN(c3ncccn3)CC2)o1. The van der Waals surface area contributed by atoms with Crippen molar-refractivity contribution in [2.24, 2.45) is 5.92 Å². The molecule has 2 unspecified atom stereocenters. The van der Waals surface area contributed by atoms with E-state index < -0.39 is 0 Å². The summed E-state index contributed by atoms with van der Waals surface area (Å²) >= 11 is 0. The third kappa shape index (κ3) is 4.19. The van der Waals surface area contributed by atoms with Crippen molar-refractivity contribution in [2.45, 2.75) is 25.8 Å².